The average Bonchev–Trinajstić information content (AvgIpc) is 3.03. The standard InChI is InChI=1S/C14H14N4/c1-3-11-13(17-18-14(11)15-2)10-5-4-9-6-7-16-12(9)8-10/h3-5,8,16H,1-2,6-7H2,(H,17,18). The van der Waals surface area contributed by atoms with Gasteiger partial charge in [0.1, 0.15) is 0 Å². The molecule has 0 amide bonds. The predicted octanol–water partition coefficient (Wildman–Crippen LogP) is 3.02. The van der Waals surface area contributed by atoms with Gasteiger partial charge in [0.15, 0.2) is 5.82 Å². The average molecular weight is 238 g/mol. The topological polar surface area (TPSA) is 53.1 Å². The number of hydrogen-bond acceptors (Lipinski definition) is 3. The Morgan fingerprint density at radius 2 is 2.28 bits per heavy atom. The minimum Gasteiger partial charge on any atom is -0.384 e. The lowest BCUT2D eigenvalue weighted by atomic mass is 10.0. The van der Waals surface area contributed by atoms with Crippen LogP contribution in [0.3, 0.4) is 0 Å². The molecule has 0 unspecified atom stereocenters. The fraction of sp³-hybridized carbons (Fsp3) is 0.143. The van der Waals surface area contributed by atoms with Crippen LogP contribution in [0.25, 0.3) is 17.3 Å². The van der Waals surface area contributed by atoms with Gasteiger partial charge in [-0.15, -0.1) is 0 Å². The van der Waals surface area contributed by atoms with Crippen molar-refractivity contribution in [3.63, 3.8) is 0 Å². The van der Waals surface area contributed by atoms with E-state index in [9.17, 15) is 0 Å². The Balaban J connectivity index is 2.12. The first-order valence-electron chi connectivity index (χ1n) is 5.88. The number of rotatable bonds is 3. The van der Waals surface area contributed by atoms with Gasteiger partial charge in [-0.05, 0) is 24.8 Å². The van der Waals surface area contributed by atoms with E-state index in [1.165, 1.54) is 11.3 Å². The number of nitrogens with one attached hydrogen (secondary N) is 2. The van der Waals surface area contributed by atoms with Crippen molar-refractivity contribution in [2.24, 2.45) is 4.99 Å². The zero-order valence-electron chi connectivity index (χ0n) is 10.0. The van der Waals surface area contributed by atoms with E-state index in [1.807, 2.05) is 0 Å². The van der Waals surface area contributed by atoms with Crippen LogP contribution in [-0.2, 0) is 6.42 Å². The van der Waals surface area contributed by atoms with Crippen LogP contribution in [0.5, 0.6) is 0 Å². The summed E-state index contributed by atoms with van der Waals surface area (Å²) < 4.78 is 0. The maximum Gasteiger partial charge on any atom is 0.180 e. The lowest BCUT2D eigenvalue weighted by Gasteiger charge is -2.04. The summed E-state index contributed by atoms with van der Waals surface area (Å²) in [6.07, 6.45) is 2.84. The van der Waals surface area contributed by atoms with Crippen LogP contribution in [0.4, 0.5) is 11.5 Å². The van der Waals surface area contributed by atoms with Crippen LogP contribution in [0.2, 0.25) is 0 Å². The molecule has 0 radical (unpaired) electrons. The molecule has 4 nitrogen and oxygen atoms in total. The molecule has 2 N–H and O–H groups in total. The van der Waals surface area contributed by atoms with Gasteiger partial charge in [-0.2, -0.15) is 5.10 Å². The van der Waals surface area contributed by atoms with E-state index in [-0.39, 0.29) is 0 Å². The Hall–Kier alpha value is -2.36. The Morgan fingerprint density at radius 1 is 1.39 bits per heavy atom. The molecule has 90 valence electrons. The van der Waals surface area contributed by atoms with Crippen molar-refractivity contribution in [2.45, 2.75) is 6.42 Å². The Kier molecular flexibility index (Phi) is 2.48. The molecular formula is C14H14N4. The molecule has 0 fully saturated rings. The highest BCUT2D eigenvalue weighted by atomic mass is 15.2. The molecule has 0 aliphatic carbocycles. The Labute approximate surface area is 105 Å². The zero-order valence-corrected chi connectivity index (χ0v) is 10.0. The van der Waals surface area contributed by atoms with E-state index >= 15 is 0 Å². The van der Waals surface area contributed by atoms with Gasteiger partial charge in [0.05, 0.1) is 5.69 Å². The molecule has 2 aromatic rings. The van der Waals surface area contributed by atoms with Crippen LogP contribution in [-0.4, -0.2) is 23.5 Å². The number of fused-ring (bicyclic) bond motifs is 1. The molecule has 4 heteroatoms. The minimum absolute atomic E-state index is 0.591. The summed E-state index contributed by atoms with van der Waals surface area (Å²) >= 11 is 0. The molecule has 0 atom stereocenters. The number of anilines is 1. The monoisotopic (exact) mass is 238 g/mol. The molecular weight excluding hydrogens is 224 g/mol. The summed E-state index contributed by atoms with van der Waals surface area (Å²) in [5.74, 6) is 0.591. The summed E-state index contributed by atoms with van der Waals surface area (Å²) in [5.41, 5.74) is 5.47. The van der Waals surface area contributed by atoms with Crippen LogP contribution in [0.15, 0.2) is 29.8 Å². The van der Waals surface area contributed by atoms with Crippen molar-refractivity contribution in [1.82, 2.24) is 10.2 Å². The Morgan fingerprint density at radius 3 is 3.06 bits per heavy atom. The van der Waals surface area contributed by atoms with Gasteiger partial charge in [0.25, 0.3) is 0 Å². The van der Waals surface area contributed by atoms with Crippen molar-refractivity contribution in [3.8, 4) is 11.3 Å². The quantitative estimate of drug-likeness (QED) is 0.807. The number of aliphatic imine (C=N–C) groups is 1. The molecule has 0 bridgehead atoms. The normalized spacial score (nSPS) is 12.9. The largest absolute Gasteiger partial charge is 0.384 e. The zero-order chi connectivity index (χ0) is 12.5. The number of nitrogens with zero attached hydrogens (tertiary/aromatic N) is 2. The smallest absolute Gasteiger partial charge is 0.180 e. The highest BCUT2D eigenvalue weighted by Gasteiger charge is 2.15. The summed E-state index contributed by atoms with van der Waals surface area (Å²) in [6.45, 7) is 8.33. The molecule has 2 heterocycles. The molecule has 0 saturated carbocycles. The highest BCUT2D eigenvalue weighted by Crippen LogP contribution is 2.33. The van der Waals surface area contributed by atoms with Crippen molar-refractivity contribution < 1.29 is 0 Å². The SMILES string of the molecule is C=Cc1c(N=C)n[nH]c1-c1ccc2c(c1)NCC2. The molecule has 0 spiro atoms. The molecule has 0 saturated heterocycles. The lowest BCUT2D eigenvalue weighted by molar-refractivity contribution is 1.09. The molecule has 1 aliphatic heterocycles. The van der Waals surface area contributed by atoms with Gasteiger partial charge in [-0.3, -0.25) is 5.10 Å². The third kappa shape index (κ3) is 1.54. The lowest BCUT2D eigenvalue weighted by Crippen LogP contribution is -1.91. The van der Waals surface area contributed by atoms with Gasteiger partial charge < -0.3 is 5.32 Å². The Bertz CT molecular complexity index is 625. The van der Waals surface area contributed by atoms with Crippen molar-refractivity contribution >= 4 is 24.3 Å². The van der Waals surface area contributed by atoms with E-state index in [0.717, 1.165) is 29.8 Å². The van der Waals surface area contributed by atoms with E-state index in [1.54, 1.807) is 6.08 Å². The second-order valence-corrected chi connectivity index (χ2v) is 4.25. The third-order valence-electron chi connectivity index (χ3n) is 3.25. The van der Waals surface area contributed by atoms with Crippen LogP contribution < -0.4 is 5.32 Å². The summed E-state index contributed by atoms with van der Waals surface area (Å²) in [6, 6.07) is 6.38. The number of hydrogen-bond donors (Lipinski definition) is 2. The second kappa shape index (κ2) is 4.14. The summed E-state index contributed by atoms with van der Waals surface area (Å²) in [4.78, 5) is 3.88. The molecule has 3 rings (SSSR count). The van der Waals surface area contributed by atoms with E-state index in [2.05, 4.69) is 52.0 Å². The summed E-state index contributed by atoms with van der Waals surface area (Å²) in [5, 5.41) is 10.5. The van der Waals surface area contributed by atoms with Gasteiger partial charge in [0, 0.05) is 23.4 Å². The number of H-pyrrole nitrogens is 1. The second-order valence-electron chi connectivity index (χ2n) is 4.25. The highest BCUT2D eigenvalue weighted by molar-refractivity contribution is 5.80. The first kappa shape index (κ1) is 10.8. The maximum atomic E-state index is 4.13. The van der Waals surface area contributed by atoms with E-state index < -0.39 is 0 Å². The number of aromatic nitrogens is 2. The minimum atomic E-state index is 0.591. The molecule has 18 heavy (non-hydrogen) atoms. The number of benzene rings is 1. The van der Waals surface area contributed by atoms with Crippen molar-refractivity contribution in [3.05, 3.63) is 35.9 Å². The van der Waals surface area contributed by atoms with Gasteiger partial charge in [0.2, 0.25) is 0 Å². The molecule has 1 aromatic carbocycles. The first-order valence-corrected chi connectivity index (χ1v) is 5.88. The molecule has 1 aromatic heterocycles. The van der Waals surface area contributed by atoms with Crippen molar-refractivity contribution in [1.29, 1.82) is 0 Å². The van der Waals surface area contributed by atoms with Crippen LogP contribution in [0, 0.1) is 0 Å². The van der Waals surface area contributed by atoms with E-state index in [4.69, 9.17) is 0 Å². The van der Waals surface area contributed by atoms with Crippen molar-refractivity contribution in [2.75, 3.05) is 11.9 Å². The molecule has 1 aliphatic rings. The fourth-order valence-corrected chi connectivity index (χ4v) is 2.32. The van der Waals surface area contributed by atoms with Crippen LogP contribution in [0.1, 0.15) is 11.1 Å². The first-order chi connectivity index (χ1) is 8.83. The van der Waals surface area contributed by atoms with Gasteiger partial charge in [-0.1, -0.05) is 24.8 Å². The maximum absolute atomic E-state index is 4.13. The number of aromatic amines is 1. The van der Waals surface area contributed by atoms with E-state index in [0.29, 0.717) is 5.82 Å². The fourth-order valence-electron chi connectivity index (χ4n) is 2.32. The third-order valence-corrected chi connectivity index (χ3v) is 3.25. The summed E-state index contributed by atoms with van der Waals surface area (Å²) in [7, 11) is 0. The van der Waals surface area contributed by atoms with Gasteiger partial charge in [-0.25, -0.2) is 4.99 Å². The van der Waals surface area contributed by atoms with Crippen LogP contribution >= 0.6 is 0 Å². The predicted molar refractivity (Wildman–Crippen MR) is 75.5 cm³/mol. The van der Waals surface area contributed by atoms with Gasteiger partial charge >= 0.3 is 0 Å².